The van der Waals surface area contributed by atoms with Gasteiger partial charge in [-0.3, -0.25) is 9.59 Å². The van der Waals surface area contributed by atoms with Crippen molar-refractivity contribution in [2.24, 2.45) is 0 Å². The fourth-order valence-electron chi connectivity index (χ4n) is 7.75. The molecule has 2 atom stereocenters. The molecule has 2 aliphatic rings. The molecule has 0 unspecified atom stereocenters. The first-order chi connectivity index (χ1) is 25.1. The highest BCUT2D eigenvalue weighted by Crippen LogP contribution is 2.57. The van der Waals surface area contributed by atoms with E-state index < -0.39 is 29.2 Å². The summed E-state index contributed by atoms with van der Waals surface area (Å²) in [6, 6.07) is 11.1. The van der Waals surface area contributed by atoms with Crippen molar-refractivity contribution in [1.29, 1.82) is 0 Å². The molecule has 0 fully saturated rings. The Morgan fingerprint density at radius 2 is 1.09 bits per heavy atom. The number of aromatic hydroxyl groups is 5. The zero-order valence-electron chi connectivity index (χ0n) is 31.2. The summed E-state index contributed by atoms with van der Waals surface area (Å²) >= 11 is 0. The highest BCUT2D eigenvalue weighted by molar-refractivity contribution is 6.18. The molecule has 0 aromatic heterocycles. The van der Waals surface area contributed by atoms with Crippen LogP contribution in [-0.4, -0.2) is 43.7 Å². The first-order valence-corrected chi connectivity index (χ1v) is 17.8. The molecular weight excluding hydrogens is 668 g/mol. The number of phenolic OH excluding ortho intramolecular Hbond substituents is 5. The van der Waals surface area contributed by atoms with E-state index in [0.29, 0.717) is 33.6 Å². The summed E-state index contributed by atoms with van der Waals surface area (Å²) < 4.78 is 6.16. The van der Waals surface area contributed by atoms with Crippen LogP contribution in [0.3, 0.4) is 0 Å². The third kappa shape index (κ3) is 6.81. The van der Waals surface area contributed by atoms with E-state index in [0.717, 1.165) is 24.0 Å². The van der Waals surface area contributed by atoms with Gasteiger partial charge in [-0.05, 0) is 131 Å². The number of ether oxygens (including phenoxy) is 1. The molecule has 8 heteroatoms. The number of benzene rings is 4. The van der Waals surface area contributed by atoms with Crippen molar-refractivity contribution in [1.82, 2.24) is 0 Å². The van der Waals surface area contributed by atoms with Crippen LogP contribution in [0, 0.1) is 13.8 Å². The normalized spacial score (nSPS) is 15.9. The van der Waals surface area contributed by atoms with E-state index in [2.05, 4.69) is 19.9 Å². The number of carbonyl (C=O) groups excluding carboxylic acids is 2. The zero-order chi connectivity index (χ0) is 38.5. The Labute approximate surface area is 310 Å². The Balaban J connectivity index is 1.61. The summed E-state index contributed by atoms with van der Waals surface area (Å²) in [6.45, 7) is 13.7. The van der Waals surface area contributed by atoms with Gasteiger partial charge in [0.1, 0.15) is 41.1 Å². The molecule has 0 saturated heterocycles. The fourth-order valence-corrected chi connectivity index (χ4v) is 7.75. The van der Waals surface area contributed by atoms with E-state index in [4.69, 9.17) is 4.74 Å². The van der Waals surface area contributed by atoms with Gasteiger partial charge in [-0.2, -0.15) is 0 Å². The number of aryl methyl sites for hydroxylation is 2. The molecule has 0 spiro atoms. The van der Waals surface area contributed by atoms with Crippen LogP contribution in [0.2, 0.25) is 0 Å². The molecule has 4 aromatic carbocycles. The Morgan fingerprint density at radius 3 is 1.64 bits per heavy atom. The minimum Gasteiger partial charge on any atom is -0.508 e. The van der Waals surface area contributed by atoms with E-state index in [-0.39, 0.29) is 69.4 Å². The van der Waals surface area contributed by atoms with Gasteiger partial charge in [0.05, 0.1) is 22.3 Å². The largest absolute Gasteiger partial charge is 0.508 e. The number of allylic oxidation sites excluding steroid dienone is 5. The summed E-state index contributed by atoms with van der Waals surface area (Å²) in [5, 5.41) is 57.4. The number of rotatable bonds is 9. The maximum atomic E-state index is 14.3. The van der Waals surface area contributed by atoms with Gasteiger partial charge in [-0.15, -0.1) is 0 Å². The van der Waals surface area contributed by atoms with Gasteiger partial charge in [0.15, 0.2) is 0 Å². The van der Waals surface area contributed by atoms with E-state index in [1.165, 1.54) is 29.8 Å². The molecule has 5 N–H and O–H groups in total. The third-order valence-electron chi connectivity index (χ3n) is 10.2. The molecule has 6 rings (SSSR count). The molecule has 8 nitrogen and oxygen atoms in total. The molecule has 0 saturated carbocycles. The maximum absolute atomic E-state index is 14.3. The van der Waals surface area contributed by atoms with Crippen LogP contribution in [0.5, 0.6) is 34.5 Å². The number of hydrogen-bond donors (Lipinski definition) is 5. The van der Waals surface area contributed by atoms with Crippen LogP contribution in [0.15, 0.2) is 77.4 Å². The zero-order valence-corrected chi connectivity index (χ0v) is 31.2. The first-order valence-electron chi connectivity index (χ1n) is 17.8. The molecular formula is C45H46O8. The number of hydrogen-bond acceptors (Lipinski definition) is 8. The minimum atomic E-state index is -0.892. The lowest BCUT2D eigenvalue weighted by Crippen LogP contribution is -2.30. The highest BCUT2D eigenvalue weighted by atomic mass is 16.5. The second-order valence-corrected chi connectivity index (χ2v) is 14.9. The van der Waals surface area contributed by atoms with Crippen molar-refractivity contribution < 1.29 is 39.9 Å². The van der Waals surface area contributed by atoms with Crippen molar-refractivity contribution in [3.63, 3.8) is 0 Å². The van der Waals surface area contributed by atoms with Crippen molar-refractivity contribution in [2.75, 3.05) is 6.61 Å². The smallest absolute Gasteiger partial charge is 0.201 e. The van der Waals surface area contributed by atoms with Gasteiger partial charge in [0, 0.05) is 23.5 Å². The second-order valence-electron chi connectivity index (χ2n) is 14.9. The standard InChI is InChI=1S/C45H46O8/c1-22(2)9-8-10-24(5)13-14-53-27-19-31-37(29-15-25(6)17-34(47)39(29)44(51)41(31)36(49)20-27)38-30-16-26(7)18-35(48)40(30)45(52)42-32(38)21-33(46)28(43(42)50)12-11-23(3)4/h9,11,13,15-21,37-38,46-50H,8,10,12,14H2,1-7H3/b24-13+/t37-,38+/m0/s1. The molecule has 0 radical (unpaired) electrons. The van der Waals surface area contributed by atoms with Gasteiger partial charge >= 0.3 is 0 Å². The Kier molecular flexibility index (Phi) is 10.0. The summed E-state index contributed by atoms with van der Waals surface area (Å²) in [5.41, 5.74) is 6.19. The SMILES string of the molecule is CC(C)=CCC/C(C)=C/COc1cc(O)c2c(c1)[C@@H]([C@@H]1c3cc(C)cc(O)c3C(=O)c3c1cc(O)c(CC=C(C)C)c3O)c1cc(C)cc(O)c1C2=O. The predicted molar refractivity (Wildman–Crippen MR) is 205 cm³/mol. The first kappa shape index (κ1) is 37.0. The lowest BCUT2D eigenvalue weighted by atomic mass is 9.63. The Hall–Kier alpha value is -5.76. The summed E-state index contributed by atoms with van der Waals surface area (Å²) in [5.74, 6) is -4.14. The number of carbonyl (C=O) groups is 2. The topological polar surface area (TPSA) is 145 Å². The third-order valence-corrected chi connectivity index (χ3v) is 10.2. The number of ketones is 2. The number of phenols is 5. The van der Waals surface area contributed by atoms with Crippen LogP contribution >= 0.6 is 0 Å². The quantitative estimate of drug-likeness (QED) is 0.108. The maximum Gasteiger partial charge on any atom is 0.201 e. The summed E-state index contributed by atoms with van der Waals surface area (Å²) in [6.07, 6.45) is 7.90. The molecule has 0 heterocycles. The van der Waals surface area contributed by atoms with Gasteiger partial charge in [0.2, 0.25) is 11.6 Å². The lowest BCUT2D eigenvalue weighted by molar-refractivity contribution is 0.101. The lowest BCUT2D eigenvalue weighted by Gasteiger charge is -2.39. The second kappa shape index (κ2) is 14.3. The van der Waals surface area contributed by atoms with Gasteiger partial charge in [0.25, 0.3) is 0 Å². The molecule has 53 heavy (non-hydrogen) atoms. The monoisotopic (exact) mass is 714 g/mol. The summed E-state index contributed by atoms with van der Waals surface area (Å²) in [7, 11) is 0. The highest BCUT2D eigenvalue weighted by Gasteiger charge is 2.46. The molecule has 0 bridgehead atoms. The molecule has 274 valence electrons. The van der Waals surface area contributed by atoms with Gasteiger partial charge in [-0.1, -0.05) is 41.0 Å². The molecule has 0 amide bonds. The van der Waals surface area contributed by atoms with Crippen molar-refractivity contribution >= 4 is 11.6 Å². The van der Waals surface area contributed by atoms with Crippen molar-refractivity contribution in [3.8, 4) is 34.5 Å². The van der Waals surface area contributed by atoms with Crippen LogP contribution in [0.4, 0.5) is 0 Å². The minimum absolute atomic E-state index is 0.00232. The van der Waals surface area contributed by atoms with Crippen LogP contribution in [0.1, 0.15) is 130 Å². The van der Waals surface area contributed by atoms with Gasteiger partial charge in [-0.25, -0.2) is 0 Å². The van der Waals surface area contributed by atoms with Crippen LogP contribution < -0.4 is 4.74 Å². The van der Waals surface area contributed by atoms with E-state index in [1.807, 2.05) is 32.9 Å². The van der Waals surface area contributed by atoms with Gasteiger partial charge < -0.3 is 30.3 Å². The molecule has 4 aromatic rings. The Morgan fingerprint density at radius 1 is 0.604 bits per heavy atom. The number of fused-ring (bicyclic) bond motifs is 4. The van der Waals surface area contributed by atoms with Crippen molar-refractivity contribution in [2.45, 2.75) is 79.6 Å². The fraction of sp³-hybridized carbons (Fsp3) is 0.289. The average molecular weight is 715 g/mol. The Bertz CT molecular complexity index is 2280. The van der Waals surface area contributed by atoms with E-state index >= 15 is 0 Å². The van der Waals surface area contributed by atoms with E-state index in [1.54, 1.807) is 32.0 Å². The predicted octanol–water partition coefficient (Wildman–Crippen LogP) is 9.46. The average Bonchev–Trinajstić information content (AvgIpc) is 3.04. The van der Waals surface area contributed by atoms with Crippen LogP contribution in [-0.2, 0) is 6.42 Å². The van der Waals surface area contributed by atoms with Crippen molar-refractivity contribution in [3.05, 3.63) is 139 Å². The summed E-state index contributed by atoms with van der Waals surface area (Å²) in [4.78, 5) is 28.6. The van der Waals surface area contributed by atoms with E-state index in [9.17, 15) is 35.1 Å². The molecule has 2 aliphatic carbocycles. The molecule has 0 aliphatic heterocycles. The van der Waals surface area contributed by atoms with Crippen LogP contribution in [0.25, 0.3) is 0 Å².